The van der Waals surface area contributed by atoms with Crippen molar-refractivity contribution in [2.75, 3.05) is 0 Å². The number of aromatic nitrogens is 3. The summed E-state index contributed by atoms with van der Waals surface area (Å²) in [6.07, 6.45) is 1.57. The van der Waals surface area contributed by atoms with Gasteiger partial charge in [-0.3, -0.25) is 4.98 Å². The summed E-state index contributed by atoms with van der Waals surface area (Å²) in [4.78, 5) is 12.3. The van der Waals surface area contributed by atoms with Gasteiger partial charge in [-0.15, -0.1) is 0 Å². The lowest BCUT2D eigenvalue weighted by Gasteiger charge is -2.06. The SMILES string of the molecule is Cc1ccc(Oc2nc(C)cc(/C(N)=N/O)n2)cn1. The van der Waals surface area contributed by atoms with Gasteiger partial charge in [-0.05, 0) is 32.0 Å². The zero-order valence-electron chi connectivity index (χ0n) is 10.5. The van der Waals surface area contributed by atoms with Gasteiger partial charge in [0.15, 0.2) is 5.84 Å². The minimum Gasteiger partial charge on any atom is -0.423 e. The summed E-state index contributed by atoms with van der Waals surface area (Å²) in [6, 6.07) is 5.29. The molecule has 0 atom stereocenters. The van der Waals surface area contributed by atoms with E-state index >= 15 is 0 Å². The number of ether oxygens (including phenoxy) is 1. The maximum atomic E-state index is 8.64. The van der Waals surface area contributed by atoms with E-state index in [0.29, 0.717) is 17.1 Å². The smallest absolute Gasteiger partial charge is 0.322 e. The van der Waals surface area contributed by atoms with Crippen LogP contribution in [-0.2, 0) is 0 Å². The molecule has 0 aliphatic carbocycles. The van der Waals surface area contributed by atoms with Crippen molar-refractivity contribution in [2.45, 2.75) is 13.8 Å². The van der Waals surface area contributed by atoms with Crippen LogP contribution in [0, 0.1) is 13.8 Å². The van der Waals surface area contributed by atoms with Crippen molar-refractivity contribution >= 4 is 5.84 Å². The quantitative estimate of drug-likeness (QED) is 0.373. The third-order valence-electron chi connectivity index (χ3n) is 2.30. The Kier molecular flexibility index (Phi) is 3.56. The Bertz CT molecular complexity index is 610. The molecule has 7 nitrogen and oxygen atoms in total. The number of nitrogens with two attached hydrogens (primary N) is 1. The maximum Gasteiger partial charge on any atom is 0.322 e. The molecule has 2 aromatic rings. The minimum absolute atomic E-state index is 0.0996. The summed E-state index contributed by atoms with van der Waals surface area (Å²) in [5.41, 5.74) is 7.31. The van der Waals surface area contributed by atoms with Crippen LogP contribution in [-0.4, -0.2) is 26.0 Å². The highest BCUT2D eigenvalue weighted by molar-refractivity contribution is 5.95. The Labute approximate surface area is 109 Å². The molecule has 2 rings (SSSR count). The second kappa shape index (κ2) is 5.30. The van der Waals surface area contributed by atoms with Crippen molar-refractivity contribution in [1.29, 1.82) is 0 Å². The number of rotatable bonds is 3. The molecule has 0 bridgehead atoms. The molecule has 0 amide bonds. The first-order valence-electron chi connectivity index (χ1n) is 5.52. The average Bonchev–Trinajstić information content (AvgIpc) is 2.40. The number of amidine groups is 1. The number of aryl methyl sites for hydroxylation is 2. The van der Waals surface area contributed by atoms with Crippen molar-refractivity contribution in [3.05, 3.63) is 41.5 Å². The van der Waals surface area contributed by atoms with Crippen molar-refractivity contribution in [2.24, 2.45) is 10.9 Å². The summed E-state index contributed by atoms with van der Waals surface area (Å²) in [7, 11) is 0. The van der Waals surface area contributed by atoms with E-state index in [1.807, 2.05) is 13.0 Å². The predicted octanol–water partition coefficient (Wildman–Crippen LogP) is 1.38. The van der Waals surface area contributed by atoms with Crippen molar-refractivity contribution in [3.8, 4) is 11.8 Å². The van der Waals surface area contributed by atoms with Crippen LogP contribution in [0.5, 0.6) is 11.8 Å². The first-order valence-corrected chi connectivity index (χ1v) is 5.52. The lowest BCUT2D eigenvalue weighted by Crippen LogP contribution is -2.16. The van der Waals surface area contributed by atoms with E-state index in [1.165, 1.54) is 0 Å². The molecule has 0 saturated heterocycles. The number of oxime groups is 1. The molecule has 0 aliphatic rings. The van der Waals surface area contributed by atoms with Crippen LogP contribution in [0.1, 0.15) is 17.1 Å². The zero-order valence-corrected chi connectivity index (χ0v) is 10.5. The van der Waals surface area contributed by atoms with Gasteiger partial charge < -0.3 is 15.7 Å². The van der Waals surface area contributed by atoms with Gasteiger partial charge in [0.05, 0.1) is 6.20 Å². The highest BCUT2D eigenvalue weighted by Gasteiger charge is 2.08. The molecule has 0 aliphatic heterocycles. The van der Waals surface area contributed by atoms with Gasteiger partial charge in [-0.25, -0.2) is 4.98 Å². The highest BCUT2D eigenvalue weighted by atomic mass is 16.5. The van der Waals surface area contributed by atoms with Gasteiger partial charge in [0, 0.05) is 11.4 Å². The molecular formula is C12H13N5O2. The Balaban J connectivity index is 2.30. The van der Waals surface area contributed by atoms with E-state index in [-0.39, 0.29) is 11.8 Å². The largest absolute Gasteiger partial charge is 0.423 e. The zero-order chi connectivity index (χ0) is 13.8. The molecule has 0 spiro atoms. The monoisotopic (exact) mass is 259 g/mol. The molecule has 2 heterocycles. The van der Waals surface area contributed by atoms with Crippen LogP contribution < -0.4 is 10.5 Å². The lowest BCUT2D eigenvalue weighted by molar-refractivity contribution is 0.318. The van der Waals surface area contributed by atoms with Crippen molar-refractivity contribution in [1.82, 2.24) is 15.0 Å². The summed E-state index contributed by atoms with van der Waals surface area (Å²) in [5, 5.41) is 11.5. The molecule has 2 aromatic heterocycles. The molecule has 0 fully saturated rings. The molecule has 7 heteroatoms. The molecule has 0 aromatic carbocycles. The number of hydrogen-bond acceptors (Lipinski definition) is 6. The van der Waals surface area contributed by atoms with Crippen LogP contribution >= 0.6 is 0 Å². The standard InChI is InChI=1S/C12H13N5O2/c1-7-3-4-9(6-14-7)19-12-15-8(2)5-10(16-12)11(13)17-18/h3-6,18H,1-2H3,(H2,13,17). The van der Waals surface area contributed by atoms with Gasteiger partial charge >= 0.3 is 6.01 Å². The highest BCUT2D eigenvalue weighted by Crippen LogP contribution is 2.17. The second-order valence-corrected chi connectivity index (χ2v) is 3.90. The van der Waals surface area contributed by atoms with Crippen LogP contribution in [0.3, 0.4) is 0 Å². The van der Waals surface area contributed by atoms with Crippen LogP contribution in [0.2, 0.25) is 0 Å². The third-order valence-corrected chi connectivity index (χ3v) is 2.30. The Morgan fingerprint density at radius 1 is 1.26 bits per heavy atom. The van der Waals surface area contributed by atoms with Gasteiger partial charge in [-0.1, -0.05) is 5.16 Å². The predicted molar refractivity (Wildman–Crippen MR) is 68.3 cm³/mol. The minimum atomic E-state index is -0.0996. The number of hydrogen-bond donors (Lipinski definition) is 2. The summed E-state index contributed by atoms with van der Waals surface area (Å²) >= 11 is 0. The molecule has 0 saturated carbocycles. The molecule has 3 N–H and O–H groups in total. The lowest BCUT2D eigenvalue weighted by atomic mass is 10.3. The normalized spacial score (nSPS) is 11.4. The third kappa shape index (κ3) is 3.15. The fourth-order valence-corrected chi connectivity index (χ4v) is 1.39. The van der Waals surface area contributed by atoms with E-state index in [9.17, 15) is 0 Å². The average molecular weight is 259 g/mol. The Morgan fingerprint density at radius 2 is 2.05 bits per heavy atom. The topological polar surface area (TPSA) is 107 Å². The Morgan fingerprint density at radius 3 is 2.68 bits per heavy atom. The van der Waals surface area contributed by atoms with E-state index < -0.39 is 0 Å². The van der Waals surface area contributed by atoms with E-state index in [0.717, 1.165) is 5.69 Å². The summed E-state index contributed by atoms with van der Waals surface area (Å²) in [5.74, 6) is 0.416. The van der Waals surface area contributed by atoms with Gasteiger partial charge in [0.25, 0.3) is 0 Å². The molecule has 19 heavy (non-hydrogen) atoms. The van der Waals surface area contributed by atoms with E-state index in [2.05, 4.69) is 20.1 Å². The molecular weight excluding hydrogens is 246 g/mol. The second-order valence-electron chi connectivity index (χ2n) is 3.90. The fraction of sp³-hybridized carbons (Fsp3) is 0.167. The first-order chi connectivity index (χ1) is 9.08. The summed E-state index contributed by atoms with van der Waals surface area (Å²) < 4.78 is 5.47. The maximum absolute atomic E-state index is 8.64. The van der Waals surface area contributed by atoms with Crippen LogP contribution in [0.4, 0.5) is 0 Å². The van der Waals surface area contributed by atoms with Crippen LogP contribution in [0.25, 0.3) is 0 Å². The first kappa shape index (κ1) is 12.7. The number of nitrogens with zero attached hydrogens (tertiary/aromatic N) is 4. The molecule has 0 radical (unpaired) electrons. The molecule has 0 unspecified atom stereocenters. The van der Waals surface area contributed by atoms with E-state index in [4.69, 9.17) is 15.7 Å². The fourth-order valence-electron chi connectivity index (χ4n) is 1.39. The van der Waals surface area contributed by atoms with Crippen LogP contribution in [0.15, 0.2) is 29.6 Å². The van der Waals surface area contributed by atoms with Crippen molar-refractivity contribution < 1.29 is 9.94 Å². The van der Waals surface area contributed by atoms with Crippen molar-refractivity contribution in [3.63, 3.8) is 0 Å². The van der Waals surface area contributed by atoms with E-state index in [1.54, 1.807) is 25.3 Å². The van der Waals surface area contributed by atoms with Gasteiger partial charge in [-0.2, -0.15) is 4.98 Å². The summed E-state index contributed by atoms with van der Waals surface area (Å²) in [6.45, 7) is 3.64. The Hall–Kier alpha value is -2.70. The number of pyridine rings is 1. The van der Waals surface area contributed by atoms with Gasteiger partial charge in [0.1, 0.15) is 11.4 Å². The van der Waals surface area contributed by atoms with Gasteiger partial charge in [0.2, 0.25) is 0 Å². The molecule has 98 valence electrons.